The van der Waals surface area contributed by atoms with Crippen LogP contribution in [0.4, 0.5) is 5.69 Å². The van der Waals surface area contributed by atoms with Crippen LogP contribution in [-0.2, 0) is 0 Å². The Bertz CT molecular complexity index is 966. The summed E-state index contributed by atoms with van der Waals surface area (Å²) in [6, 6.07) is 13.5. The van der Waals surface area contributed by atoms with E-state index in [4.69, 9.17) is 23.8 Å². The van der Waals surface area contributed by atoms with Crippen molar-refractivity contribution < 1.29 is 0 Å². The van der Waals surface area contributed by atoms with E-state index < -0.39 is 0 Å². The van der Waals surface area contributed by atoms with Crippen molar-refractivity contribution >= 4 is 63.1 Å². The number of anilines is 1. The Kier molecular flexibility index (Phi) is 6.71. The number of hydrogen-bond donors (Lipinski definition) is 3. The Hall–Kier alpha value is -2.09. The lowest BCUT2D eigenvalue weighted by Crippen LogP contribution is -2.25. The molecule has 0 aliphatic rings. The van der Waals surface area contributed by atoms with Crippen LogP contribution in [0, 0.1) is 0 Å². The van der Waals surface area contributed by atoms with Gasteiger partial charge in [-0.2, -0.15) is 5.10 Å². The minimum absolute atomic E-state index is 0.394. The van der Waals surface area contributed by atoms with Gasteiger partial charge in [0.1, 0.15) is 5.71 Å². The first kappa shape index (κ1) is 19.7. The highest BCUT2D eigenvalue weighted by Gasteiger charge is 2.07. The average molecular weight is 418 g/mol. The molecule has 0 unspecified atom stereocenters. The van der Waals surface area contributed by atoms with Crippen molar-refractivity contribution in [2.75, 3.05) is 11.1 Å². The zero-order chi connectivity index (χ0) is 19.2. The van der Waals surface area contributed by atoms with Crippen LogP contribution < -0.4 is 10.7 Å². The number of aromatic nitrogens is 2. The summed E-state index contributed by atoms with van der Waals surface area (Å²) >= 11 is 13.0. The lowest BCUT2D eigenvalue weighted by molar-refractivity contribution is 1.03. The van der Waals surface area contributed by atoms with E-state index in [1.807, 2.05) is 36.9 Å². The second-order valence-corrected chi connectivity index (χ2v) is 7.90. The first-order valence-electron chi connectivity index (χ1n) is 8.55. The number of imidazole rings is 1. The second-order valence-electron chi connectivity index (χ2n) is 5.88. The van der Waals surface area contributed by atoms with E-state index in [0.717, 1.165) is 28.9 Å². The van der Waals surface area contributed by atoms with Crippen molar-refractivity contribution in [3.8, 4) is 0 Å². The number of thiocarbonyl (C=S) groups is 1. The summed E-state index contributed by atoms with van der Waals surface area (Å²) in [5, 5.41) is 8.43. The van der Waals surface area contributed by atoms with Crippen molar-refractivity contribution in [3.63, 3.8) is 0 Å². The lowest BCUT2D eigenvalue weighted by Gasteiger charge is -2.07. The molecular weight excluding hydrogens is 398 g/mol. The first-order valence-corrected chi connectivity index (χ1v) is 10.3. The molecule has 3 rings (SSSR count). The molecule has 1 aromatic heterocycles. The molecule has 0 saturated heterocycles. The fourth-order valence-corrected chi connectivity index (χ4v) is 3.44. The van der Waals surface area contributed by atoms with Crippen molar-refractivity contribution in [3.05, 3.63) is 53.3 Å². The van der Waals surface area contributed by atoms with Gasteiger partial charge in [0.05, 0.1) is 11.0 Å². The maximum atomic E-state index is 5.88. The summed E-state index contributed by atoms with van der Waals surface area (Å²) in [5.74, 6) is 1.82. The number of H-pyrrole nitrogens is 1. The van der Waals surface area contributed by atoms with Gasteiger partial charge in [-0.3, -0.25) is 5.43 Å². The Morgan fingerprint density at radius 3 is 2.78 bits per heavy atom. The van der Waals surface area contributed by atoms with Crippen LogP contribution in [0.1, 0.15) is 26.1 Å². The largest absolute Gasteiger partial charge is 0.337 e. The molecule has 0 atom stereocenters. The van der Waals surface area contributed by atoms with E-state index >= 15 is 0 Å². The molecule has 0 spiro atoms. The summed E-state index contributed by atoms with van der Waals surface area (Å²) < 4.78 is 0. The number of benzene rings is 2. The SMILES string of the molecule is CCCSc1ccc2nc(/C(C)=N/NC(=S)Nc3ccc(Cl)cc3)[nH]c2c1. The topological polar surface area (TPSA) is 65.1 Å². The summed E-state index contributed by atoms with van der Waals surface area (Å²) in [6.45, 7) is 4.06. The minimum atomic E-state index is 0.394. The highest BCUT2D eigenvalue weighted by Crippen LogP contribution is 2.23. The predicted octanol–water partition coefficient (Wildman–Crippen LogP) is 5.43. The summed E-state index contributed by atoms with van der Waals surface area (Å²) in [6.07, 6.45) is 1.15. The number of nitrogens with zero attached hydrogens (tertiary/aromatic N) is 2. The molecule has 5 nitrogen and oxygen atoms in total. The van der Waals surface area contributed by atoms with Crippen LogP contribution in [-0.4, -0.2) is 26.5 Å². The van der Waals surface area contributed by atoms with Gasteiger partial charge in [0.2, 0.25) is 0 Å². The van der Waals surface area contributed by atoms with Gasteiger partial charge >= 0.3 is 0 Å². The molecule has 2 aromatic carbocycles. The molecule has 0 saturated carbocycles. The molecule has 0 aliphatic carbocycles. The van der Waals surface area contributed by atoms with Crippen LogP contribution in [0.25, 0.3) is 11.0 Å². The number of fused-ring (bicyclic) bond motifs is 1. The van der Waals surface area contributed by atoms with Crippen LogP contribution in [0.2, 0.25) is 5.02 Å². The third kappa shape index (κ3) is 5.45. The van der Waals surface area contributed by atoms with Gasteiger partial charge in [-0.25, -0.2) is 4.98 Å². The number of hydrazone groups is 1. The molecular formula is C19H20ClN5S2. The zero-order valence-electron chi connectivity index (χ0n) is 15.0. The fraction of sp³-hybridized carbons (Fsp3) is 0.211. The van der Waals surface area contributed by atoms with Gasteiger partial charge in [0, 0.05) is 15.6 Å². The maximum absolute atomic E-state index is 5.88. The Morgan fingerprint density at radius 1 is 1.26 bits per heavy atom. The Morgan fingerprint density at radius 2 is 2.04 bits per heavy atom. The molecule has 0 bridgehead atoms. The standard InChI is InChI=1S/C19H20ClN5S2/c1-3-10-27-15-8-9-16-17(11-15)23-18(22-16)12(2)24-25-19(26)21-14-6-4-13(20)5-7-14/h4-9,11H,3,10H2,1-2H3,(H,22,23)(H2,21,25,26)/b24-12+. The third-order valence-electron chi connectivity index (χ3n) is 3.70. The summed E-state index contributed by atoms with van der Waals surface area (Å²) in [7, 11) is 0. The monoisotopic (exact) mass is 417 g/mol. The molecule has 0 aliphatic heterocycles. The smallest absolute Gasteiger partial charge is 0.191 e. The Balaban J connectivity index is 1.66. The van der Waals surface area contributed by atoms with Gasteiger partial charge in [-0.15, -0.1) is 11.8 Å². The molecule has 0 fully saturated rings. The third-order valence-corrected chi connectivity index (χ3v) is 5.34. The quantitative estimate of drug-likeness (QED) is 0.216. The number of halogens is 1. The van der Waals surface area contributed by atoms with Crippen LogP contribution in [0.15, 0.2) is 52.5 Å². The van der Waals surface area contributed by atoms with Crippen LogP contribution in [0.3, 0.4) is 0 Å². The molecule has 27 heavy (non-hydrogen) atoms. The van der Waals surface area contributed by atoms with E-state index in [1.165, 1.54) is 4.90 Å². The number of rotatable bonds is 6. The highest BCUT2D eigenvalue weighted by molar-refractivity contribution is 7.99. The van der Waals surface area contributed by atoms with Gasteiger partial charge in [0.15, 0.2) is 10.9 Å². The van der Waals surface area contributed by atoms with E-state index in [1.54, 1.807) is 12.1 Å². The molecule has 0 radical (unpaired) electrons. The second kappa shape index (κ2) is 9.21. The van der Waals surface area contributed by atoms with Gasteiger partial charge in [-0.1, -0.05) is 18.5 Å². The molecule has 0 amide bonds. The van der Waals surface area contributed by atoms with E-state index in [-0.39, 0.29) is 0 Å². The van der Waals surface area contributed by atoms with Crippen molar-refractivity contribution in [2.45, 2.75) is 25.2 Å². The van der Waals surface area contributed by atoms with Gasteiger partial charge in [-0.05, 0) is 73.8 Å². The summed E-state index contributed by atoms with van der Waals surface area (Å²) in [4.78, 5) is 9.15. The van der Waals surface area contributed by atoms with E-state index in [0.29, 0.717) is 21.7 Å². The number of aromatic amines is 1. The fourth-order valence-electron chi connectivity index (χ4n) is 2.35. The predicted molar refractivity (Wildman–Crippen MR) is 120 cm³/mol. The van der Waals surface area contributed by atoms with Gasteiger partial charge in [0.25, 0.3) is 0 Å². The van der Waals surface area contributed by atoms with Crippen LogP contribution >= 0.6 is 35.6 Å². The molecule has 8 heteroatoms. The molecule has 140 valence electrons. The van der Waals surface area contributed by atoms with E-state index in [2.05, 4.69) is 44.9 Å². The number of nitrogens with one attached hydrogen (secondary N) is 3. The number of hydrogen-bond acceptors (Lipinski definition) is 4. The van der Waals surface area contributed by atoms with Crippen LogP contribution in [0.5, 0.6) is 0 Å². The van der Waals surface area contributed by atoms with Crippen molar-refractivity contribution in [1.82, 2.24) is 15.4 Å². The molecule has 1 heterocycles. The average Bonchev–Trinajstić information content (AvgIpc) is 3.09. The van der Waals surface area contributed by atoms with Crippen molar-refractivity contribution in [2.24, 2.45) is 5.10 Å². The normalized spacial score (nSPS) is 11.6. The molecule has 3 aromatic rings. The van der Waals surface area contributed by atoms with E-state index in [9.17, 15) is 0 Å². The lowest BCUT2D eigenvalue weighted by atomic mass is 10.3. The number of thioether (sulfide) groups is 1. The Labute approximate surface area is 173 Å². The minimum Gasteiger partial charge on any atom is -0.337 e. The van der Waals surface area contributed by atoms with Crippen molar-refractivity contribution in [1.29, 1.82) is 0 Å². The highest BCUT2D eigenvalue weighted by atomic mass is 35.5. The first-order chi connectivity index (χ1) is 13.0. The maximum Gasteiger partial charge on any atom is 0.191 e. The summed E-state index contributed by atoms with van der Waals surface area (Å²) in [5.41, 5.74) is 6.32. The zero-order valence-corrected chi connectivity index (χ0v) is 17.4. The van der Waals surface area contributed by atoms with Gasteiger partial charge < -0.3 is 10.3 Å². The molecule has 3 N–H and O–H groups in total.